The van der Waals surface area contributed by atoms with Crippen molar-refractivity contribution in [3.05, 3.63) is 45.8 Å². The summed E-state index contributed by atoms with van der Waals surface area (Å²) in [5.41, 5.74) is 1.34. The smallest absolute Gasteiger partial charge is 0.263 e. The highest BCUT2D eigenvalue weighted by molar-refractivity contribution is 7.99. The van der Waals surface area contributed by atoms with Crippen LogP contribution in [0.4, 0.5) is 4.39 Å². The Morgan fingerprint density at radius 3 is 2.64 bits per heavy atom. The molecule has 0 bridgehead atoms. The number of thiophene rings is 1. The van der Waals surface area contributed by atoms with Crippen molar-refractivity contribution in [3.63, 3.8) is 0 Å². The van der Waals surface area contributed by atoms with Gasteiger partial charge in [-0.05, 0) is 17.7 Å². The molecule has 2 aromatic heterocycles. The van der Waals surface area contributed by atoms with Gasteiger partial charge in [0.25, 0.3) is 5.56 Å². The molecule has 0 fully saturated rings. The third-order valence-corrected chi connectivity index (χ3v) is 5.64. The second-order valence-electron chi connectivity index (χ2n) is 5.67. The number of benzene rings is 1. The van der Waals surface area contributed by atoms with E-state index in [1.165, 1.54) is 44.7 Å². The van der Waals surface area contributed by atoms with Crippen molar-refractivity contribution in [3.8, 4) is 11.1 Å². The Bertz CT molecular complexity index is 994. The van der Waals surface area contributed by atoms with Crippen LogP contribution in [0.5, 0.6) is 0 Å². The number of nitrogens with zero attached hydrogens (tertiary/aromatic N) is 3. The van der Waals surface area contributed by atoms with Gasteiger partial charge < -0.3 is 4.90 Å². The Morgan fingerprint density at radius 2 is 2.00 bits per heavy atom. The minimum atomic E-state index is -0.321. The molecule has 0 spiro atoms. The van der Waals surface area contributed by atoms with Gasteiger partial charge in [0.2, 0.25) is 5.91 Å². The third-order valence-electron chi connectivity index (χ3n) is 3.75. The summed E-state index contributed by atoms with van der Waals surface area (Å²) in [4.78, 5) is 31.2. The summed E-state index contributed by atoms with van der Waals surface area (Å²) in [5.74, 6) is -0.147. The highest BCUT2D eigenvalue weighted by atomic mass is 32.2. The van der Waals surface area contributed by atoms with Crippen molar-refractivity contribution in [2.24, 2.45) is 7.05 Å². The van der Waals surface area contributed by atoms with Crippen LogP contribution in [0.15, 0.2) is 39.6 Å². The van der Waals surface area contributed by atoms with Crippen LogP contribution in [-0.4, -0.2) is 40.2 Å². The molecule has 0 N–H and O–H groups in total. The van der Waals surface area contributed by atoms with Crippen molar-refractivity contribution >= 4 is 39.2 Å². The van der Waals surface area contributed by atoms with Crippen molar-refractivity contribution in [2.75, 3.05) is 19.8 Å². The molecule has 0 unspecified atom stereocenters. The van der Waals surface area contributed by atoms with Crippen molar-refractivity contribution in [1.82, 2.24) is 14.5 Å². The van der Waals surface area contributed by atoms with E-state index in [4.69, 9.17) is 0 Å². The molecule has 2 heterocycles. The number of fused-ring (bicyclic) bond motifs is 1. The average molecular weight is 377 g/mol. The van der Waals surface area contributed by atoms with Gasteiger partial charge in [0.05, 0.1) is 11.1 Å². The lowest BCUT2D eigenvalue weighted by Gasteiger charge is -2.11. The molecule has 1 amide bonds. The van der Waals surface area contributed by atoms with Crippen LogP contribution >= 0.6 is 23.1 Å². The van der Waals surface area contributed by atoms with Crippen LogP contribution in [0.25, 0.3) is 21.3 Å². The molecule has 0 saturated carbocycles. The highest BCUT2D eigenvalue weighted by Gasteiger charge is 2.16. The molecular formula is C17H16FN3O2S2. The zero-order valence-corrected chi connectivity index (χ0v) is 15.6. The number of amides is 1. The van der Waals surface area contributed by atoms with Crippen LogP contribution in [0.2, 0.25) is 0 Å². The van der Waals surface area contributed by atoms with Gasteiger partial charge in [-0.25, -0.2) is 9.37 Å². The second kappa shape index (κ2) is 6.97. The molecule has 3 rings (SSSR count). The summed E-state index contributed by atoms with van der Waals surface area (Å²) in [6.45, 7) is 0. The van der Waals surface area contributed by atoms with Crippen molar-refractivity contribution < 1.29 is 9.18 Å². The molecule has 8 heteroatoms. The van der Waals surface area contributed by atoms with E-state index in [9.17, 15) is 14.0 Å². The predicted molar refractivity (Wildman–Crippen MR) is 99.7 cm³/mol. The van der Waals surface area contributed by atoms with Crippen LogP contribution in [-0.2, 0) is 11.8 Å². The first-order valence-corrected chi connectivity index (χ1v) is 9.32. The number of hydrogen-bond donors (Lipinski definition) is 0. The number of rotatable bonds is 4. The first-order chi connectivity index (χ1) is 11.9. The number of carbonyl (C=O) groups excluding carboxylic acids is 1. The first-order valence-electron chi connectivity index (χ1n) is 7.45. The summed E-state index contributed by atoms with van der Waals surface area (Å²) < 4.78 is 14.6. The van der Waals surface area contributed by atoms with E-state index >= 15 is 0 Å². The van der Waals surface area contributed by atoms with E-state index < -0.39 is 0 Å². The normalized spacial score (nSPS) is 11.0. The third kappa shape index (κ3) is 3.45. The van der Waals surface area contributed by atoms with Crippen LogP contribution in [0.1, 0.15) is 0 Å². The number of halogens is 1. The summed E-state index contributed by atoms with van der Waals surface area (Å²) in [5, 5.41) is 2.87. The monoisotopic (exact) mass is 377 g/mol. The predicted octanol–water partition coefficient (Wildman–Crippen LogP) is 2.98. The lowest BCUT2D eigenvalue weighted by atomic mass is 10.1. The lowest BCUT2D eigenvalue weighted by Crippen LogP contribution is -2.25. The number of carbonyl (C=O) groups is 1. The first kappa shape index (κ1) is 17.6. The van der Waals surface area contributed by atoms with Gasteiger partial charge in [0.15, 0.2) is 5.16 Å². The van der Waals surface area contributed by atoms with E-state index in [2.05, 4.69) is 4.98 Å². The molecule has 3 aromatic rings. The Hall–Kier alpha value is -2.19. The van der Waals surface area contributed by atoms with Gasteiger partial charge in [0, 0.05) is 32.1 Å². The fourth-order valence-electron chi connectivity index (χ4n) is 2.28. The summed E-state index contributed by atoms with van der Waals surface area (Å²) in [6.07, 6.45) is 0. The van der Waals surface area contributed by atoms with Gasteiger partial charge in [-0.1, -0.05) is 23.9 Å². The van der Waals surface area contributed by atoms with Crippen LogP contribution in [0, 0.1) is 5.82 Å². The zero-order valence-electron chi connectivity index (χ0n) is 13.9. The molecule has 0 saturated heterocycles. The summed E-state index contributed by atoms with van der Waals surface area (Å²) >= 11 is 2.60. The van der Waals surface area contributed by atoms with Crippen LogP contribution in [0.3, 0.4) is 0 Å². The SMILES string of the molecule is CN(C)C(=O)CSc1nc2scc(-c3ccc(F)cc3)c2c(=O)n1C. The molecule has 0 radical (unpaired) electrons. The highest BCUT2D eigenvalue weighted by Crippen LogP contribution is 2.32. The molecule has 0 aliphatic carbocycles. The Morgan fingerprint density at radius 1 is 1.32 bits per heavy atom. The lowest BCUT2D eigenvalue weighted by molar-refractivity contribution is -0.125. The van der Waals surface area contributed by atoms with Crippen molar-refractivity contribution in [2.45, 2.75) is 5.16 Å². The Labute approximate surface area is 152 Å². The second-order valence-corrected chi connectivity index (χ2v) is 7.47. The van der Waals surface area contributed by atoms with E-state index in [0.29, 0.717) is 15.4 Å². The minimum absolute atomic E-state index is 0.0440. The minimum Gasteiger partial charge on any atom is -0.348 e. The maximum Gasteiger partial charge on any atom is 0.263 e. The zero-order chi connectivity index (χ0) is 18.1. The molecule has 0 aliphatic rings. The number of aromatic nitrogens is 2. The van der Waals surface area contributed by atoms with Crippen molar-refractivity contribution in [1.29, 1.82) is 0 Å². The molecule has 0 aliphatic heterocycles. The molecule has 130 valence electrons. The van der Waals surface area contributed by atoms with Gasteiger partial charge in [-0.2, -0.15) is 0 Å². The fourth-order valence-corrected chi connectivity index (χ4v) is 4.22. The molecule has 5 nitrogen and oxygen atoms in total. The number of hydrogen-bond acceptors (Lipinski definition) is 5. The van der Waals surface area contributed by atoms with Gasteiger partial charge in [0.1, 0.15) is 10.6 Å². The summed E-state index contributed by atoms with van der Waals surface area (Å²) in [7, 11) is 5.02. The topological polar surface area (TPSA) is 55.2 Å². The Balaban J connectivity index is 2.03. The Kier molecular flexibility index (Phi) is 4.91. The van der Waals surface area contributed by atoms with Crippen LogP contribution < -0.4 is 5.56 Å². The molecule has 0 atom stereocenters. The summed E-state index contributed by atoms with van der Waals surface area (Å²) in [6, 6.07) is 6.03. The molecule has 1 aromatic carbocycles. The van der Waals surface area contributed by atoms with E-state index in [0.717, 1.165) is 11.1 Å². The van der Waals surface area contributed by atoms with Gasteiger partial charge in [-0.15, -0.1) is 11.3 Å². The van der Waals surface area contributed by atoms with E-state index in [-0.39, 0.29) is 23.0 Å². The molecule has 25 heavy (non-hydrogen) atoms. The molecular weight excluding hydrogens is 361 g/mol. The standard InChI is InChI=1S/C17H16FN3O2S2/c1-20(2)13(22)9-25-17-19-15-14(16(23)21(17)3)12(8-24-15)10-4-6-11(18)7-5-10/h4-8H,9H2,1-3H3. The van der Waals surface area contributed by atoms with Gasteiger partial charge in [-0.3, -0.25) is 14.2 Å². The number of thioether (sulfide) groups is 1. The van der Waals surface area contributed by atoms with Gasteiger partial charge >= 0.3 is 0 Å². The largest absolute Gasteiger partial charge is 0.348 e. The average Bonchev–Trinajstić information content (AvgIpc) is 3.01. The maximum atomic E-state index is 13.1. The quantitative estimate of drug-likeness (QED) is 0.518. The fraction of sp³-hybridized carbons (Fsp3) is 0.235. The maximum absolute atomic E-state index is 13.1. The van der Waals surface area contributed by atoms with E-state index in [1.54, 1.807) is 33.3 Å². The van der Waals surface area contributed by atoms with E-state index in [1.807, 2.05) is 5.38 Å².